The number of carbonyl (C=O) groups excluding carboxylic acids is 1. The highest BCUT2D eigenvalue weighted by Crippen LogP contribution is 2.02. The molecule has 0 aliphatic heterocycles. The van der Waals surface area contributed by atoms with E-state index in [0.717, 1.165) is 4.90 Å². The summed E-state index contributed by atoms with van der Waals surface area (Å²) in [6.07, 6.45) is 0. The van der Waals surface area contributed by atoms with E-state index in [4.69, 9.17) is 5.11 Å². The lowest BCUT2D eigenvalue weighted by Gasteiger charge is -2.24. The molecule has 0 aromatic carbocycles. The van der Waals surface area contributed by atoms with Gasteiger partial charge in [0.05, 0.1) is 7.05 Å². The molecule has 0 saturated carbocycles. The minimum Gasteiger partial charge on any atom is -0.480 e. The van der Waals surface area contributed by atoms with Crippen molar-refractivity contribution in [3.05, 3.63) is 0 Å². The van der Waals surface area contributed by atoms with Gasteiger partial charge in [-0.3, -0.25) is 10.1 Å². The number of carboxylic acid groups (broad SMARTS) is 1. The molecule has 0 saturated heterocycles. The summed E-state index contributed by atoms with van der Waals surface area (Å²) in [4.78, 5) is 24.7. The number of aryl methyl sites for hydroxylation is 1. The highest BCUT2D eigenvalue weighted by molar-refractivity contribution is 5.89. The minimum atomic E-state index is -1.08. The first-order valence-corrected chi connectivity index (χ1v) is 4.93. The quantitative estimate of drug-likeness (QED) is 0.738. The third-order valence-corrected chi connectivity index (χ3v) is 1.92. The van der Waals surface area contributed by atoms with E-state index in [9.17, 15) is 9.59 Å². The zero-order chi connectivity index (χ0) is 13.0. The molecule has 0 spiro atoms. The van der Waals surface area contributed by atoms with Gasteiger partial charge in [-0.25, -0.2) is 4.79 Å². The van der Waals surface area contributed by atoms with Gasteiger partial charge in [-0.1, -0.05) is 5.10 Å². The number of tetrazole rings is 1. The van der Waals surface area contributed by atoms with E-state index in [0.29, 0.717) is 0 Å². The molecule has 94 valence electrons. The van der Waals surface area contributed by atoms with Crippen molar-refractivity contribution in [2.24, 2.45) is 7.05 Å². The molecule has 0 bridgehead atoms. The van der Waals surface area contributed by atoms with Crippen molar-refractivity contribution < 1.29 is 14.7 Å². The molecule has 2 N–H and O–H groups in total. The third-order valence-electron chi connectivity index (χ3n) is 1.92. The fourth-order valence-corrected chi connectivity index (χ4v) is 1.14. The van der Waals surface area contributed by atoms with Crippen LogP contribution in [0.25, 0.3) is 0 Å². The number of rotatable bonds is 4. The second-order valence-corrected chi connectivity index (χ2v) is 3.65. The van der Waals surface area contributed by atoms with Gasteiger partial charge in [-0.05, 0) is 19.1 Å². The second-order valence-electron chi connectivity index (χ2n) is 3.65. The summed E-state index contributed by atoms with van der Waals surface area (Å²) < 4.78 is 0. The number of carboxylic acids is 1. The average Bonchev–Trinajstić information content (AvgIpc) is 2.59. The van der Waals surface area contributed by atoms with Crippen molar-refractivity contribution in [3.63, 3.8) is 0 Å². The summed E-state index contributed by atoms with van der Waals surface area (Å²) >= 11 is 0. The highest BCUT2D eigenvalue weighted by atomic mass is 16.4. The second kappa shape index (κ2) is 5.23. The summed E-state index contributed by atoms with van der Waals surface area (Å²) in [5, 5.41) is 21.9. The zero-order valence-electron chi connectivity index (χ0n) is 9.78. The zero-order valence-corrected chi connectivity index (χ0v) is 9.78. The lowest BCUT2D eigenvalue weighted by molar-refractivity contribution is -0.137. The topological polar surface area (TPSA) is 113 Å². The van der Waals surface area contributed by atoms with Crippen molar-refractivity contribution in [3.8, 4) is 0 Å². The molecule has 1 heterocycles. The molecule has 17 heavy (non-hydrogen) atoms. The Labute approximate surface area is 97.4 Å². The Morgan fingerprint density at radius 3 is 2.59 bits per heavy atom. The number of anilines is 1. The number of aromatic nitrogens is 4. The van der Waals surface area contributed by atoms with Gasteiger partial charge in [0.2, 0.25) is 0 Å². The van der Waals surface area contributed by atoms with Crippen molar-refractivity contribution in [1.29, 1.82) is 0 Å². The maximum Gasteiger partial charge on any atom is 0.325 e. The Hall–Kier alpha value is -2.19. The predicted molar refractivity (Wildman–Crippen MR) is 57.3 cm³/mol. The summed E-state index contributed by atoms with van der Waals surface area (Å²) in [7, 11) is 1.56. The van der Waals surface area contributed by atoms with E-state index in [1.807, 2.05) is 0 Å². The van der Waals surface area contributed by atoms with Crippen LogP contribution in [-0.2, 0) is 11.8 Å². The van der Waals surface area contributed by atoms with Gasteiger partial charge < -0.3 is 10.0 Å². The first kappa shape index (κ1) is 12.9. The van der Waals surface area contributed by atoms with Gasteiger partial charge in [0.1, 0.15) is 6.54 Å². The van der Waals surface area contributed by atoms with Crippen molar-refractivity contribution in [2.75, 3.05) is 11.9 Å². The fourth-order valence-electron chi connectivity index (χ4n) is 1.14. The smallest absolute Gasteiger partial charge is 0.325 e. The van der Waals surface area contributed by atoms with E-state index in [-0.39, 0.29) is 18.5 Å². The summed E-state index contributed by atoms with van der Waals surface area (Å²) in [5.74, 6) is -1.05. The van der Waals surface area contributed by atoms with E-state index in [2.05, 4.69) is 20.7 Å². The fraction of sp³-hybridized carbons (Fsp3) is 0.625. The number of nitrogens with zero attached hydrogens (tertiary/aromatic N) is 5. The SMILES string of the molecule is CC(C)N(CC(=O)O)C(=O)Nc1nnn(C)n1. The molecule has 0 fully saturated rings. The van der Waals surface area contributed by atoms with E-state index in [1.54, 1.807) is 20.9 Å². The molecule has 2 amide bonds. The number of hydrogen-bond donors (Lipinski definition) is 2. The van der Waals surface area contributed by atoms with Crippen LogP contribution in [0.3, 0.4) is 0 Å². The van der Waals surface area contributed by atoms with Crippen LogP contribution in [-0.4, -0.2) is 54.8 Å². The molecule has 9 nitrogen and oxygen atoms in total. The summed E-state index contributed by atoms with van der Waals surface area (Å²) in [6, 6.07) is -0.821. The largest absolute Gasteiger partial charge is 0.480 e. The van der Waals surface area contributed by atoms with E-state index >= 15 is 0 Å². The third kappa shape index (κ3) is 3.70. The van der Waals surface area contributed by atoms with Gasteiger partial charge in [0, 0.05) is 6.04 Å². The highest BCUT2D eigenvalue weighted by Gasteiger charge is 2.20. The van der Waals surface area contributed by atoms with Crippen LogP contribution in [0.15, 0.2) is 0 Å². The average molecular weight is 242 g/mol. The maximum atomic E-state index is 11.7. The Morgan fingerprint density at radius 1 is 1.53 bits per heavy atom. The van der Waals surface area contributed by atoms with Crippen LogP contribution in [0.2, 0.25) is 0 Å². The number of nitrogens with one attached hydrogen (secondary N) is 1. The Bertz CT molecular complexity index is 415. The van der Waals surface area contributed by atoms with Gasteiger partial charge in [0.25, 0.3) is 5.95 Å². The first-order chi connectivity index (χ1) is 7.90. The van der Waals surface area contributed by atoms with Gasteiger partial charge in [0.15, 0.2) is 0 Å². The Kier molecular flexibility index (Phi) is 3.96. The predicted octanol–water partition coefficient (Wildman–Crippen LogP) is -0.463. The van der Waals surface area contributed by atoms with Gasteiger partial charge in [-0.15, -0.1) is 5.10 Å². The van der Waals surface area contributed by atoms with Gasteiger partial charge >= 0.3 is 12.0 Å². The molecule has 0 unspecified atom stereocenters. The molecule has 0 radical (unpaired) electrons. The number of aliphatic carboxylic acids is 1. The van der Waals surface area contributed by atoms with Crippen LogP contribution in [0.1, 0.15) is 13.8 Å². The van der Waals surface area contributed by atoms with Crippen LogP contribution < -0.4 is 5.32 Å². The number of hydrogen-bond acceptors (Lipinski definition) is 5. The van der Waals surface area contributed by atoms with Gasteiger partial charge in [-0.2, -0.15) is 4.80 Å². The lowest BCUT2D eigenvalue weighted by Crippen LogP contribution is -2.43. The molecule has 0 atom stereocenters. The summed E-state index contributed by atoms with van der Waals surface area (Å²) in [5.41, 5.74) is 0. The molecule has 9 heteroatoms. The molecular formula is C8H14N6O3. The molecule has 1 aromatic rings. The Morgan fingerprint density at radius 2 is 2.18 bits per heavy atom. The molecule has 0 aliphatic carbocycles. The van der Waals surface area contributed by atoms with Crippen LogP contribution >= 0.6 is 0 Å². The number of carbonyl (C=O) groups is 2. The Balaban J connectivity index is 2.68. The normalized spacial score (nSPS) is 10.4. The molecule has 1 rings (SSSR count). The van der Waals surface area contributed by atoms with Crippen LogP contribution in [0, 0.1) is 0 Å². The molecular weight excluding hydrogens is 228 g/mol. The minimum absolute atomic E-state index is 0.0357. The molecule has 0 aliphatic rings. The van der Waals surface area contributed by atoms with Crippen molar-refractivity contribution in [1.82, 2.24) is 25.1 Å². The number of amides is 2. The van der Waals surface area contributed by atoms with E-state index < -0.39 is 12.0 Å². The lowest BCUT2D eigenvalue weighted by atomic mass is 10.3. The first-order valence-electron chi connectivity index (χ1n) is 4.93. The van der Waals surface area contributed by atoms with E-state index in [1.165, 1.54) is 4.80 Å². The monoisotopic (exact) mass is 242 g/mol. The number of urea groups is 1. The van der Waals surface area contributed by atoms with Crippen molar-refractivity contribution >= 4 is 17.9 Å². The summed E-state index contributed by atoms with van der Waals surface area (Å²) in [6.45, 7) is 3.04. The van der Waals surface area contributed by atoms with Crippen molar-refractivity contribution in [2.45, 2.75) is 19.9 Å². The van der Waals surface area contributed by atoms with Crippen LogP contribution in [0.5, 0.6) is 0 Å². The molecule has 1 aromatic heterocycles. The van der Waals surface area contributed by atoms with Crippen LogP contribution in [0.4, 0.5) is 10.7 Å². The standard InChI is InChI=1S/C8H14N6O3/c1-5(2)14(4-6(15)16)8(17)9-7-10-12-13(3)11-7/h5H,4H2,1-3H3,(H,15,16)(H,9,11,17). The maximum absolute atomic E-state index is 11.7.